The monoisotopic (exact) mass is 282 g/mol. The smallest absolute Gasteiger partial charge is 0.240 e. The molecule has 1 aromatic carbocycles. The van der Waals surface area contributed by atoms with E-state index in [-0.39, 0.29) is 19.0 Å². The van der Waals surface area contributed by atoms with E-state index in [9.17, 15) is 0 Å². The summed E-state index contributed by atoms with van der Waals surface area (Å²) < 4.78 is 4.99. The van der Waals surface area contributed by atoms with Gasteiger partial charge in [-0.3, -0.25) is 0 Å². The lowest BCUT2D eigenvalue weighted by Gasteiger charge is -2.20. The summed E-state index contributed by atoms with van der Waals surface area (Å²) in [7, 11) is 2.01. The molecule has 5 nitrogen and oxygen atoms in total. The Bertz CT molecular complexity index is 541. The number of rotatable bonds is 4. The molecule has 19 heavy (non-hydrogen) atoms. The van der Waals surface area contributed by atoms with E-state index in [1.165, 1.54) is 16.8 Å². The van der Waals surface area contributed by atoms with E-state index in [1.807, 2.05) is 7.05 Å². The third kappa shape index (κ3) is 3.45. The highest BCUT2D eigenvalue weighted by atomic mass is 35.5. The van der Waals surface area contributed by atoms with Crippen molar-refractivity contribution in [1.29, 1.82) is 0 Å². The molecular weight excluding hydrogens is 264 g/mol. The van der Waals surface area contributed by atoms with Crippen molar-refractivity contribution in [2.75, 3.05) is 11.9 Å². The first-order valence-corrected chi connectivity index (χ1v) is 5.90. The molecule has 0 aliphatic carbocycles. The summed E-state index contributed by atoms with van der Waals surface area (Å²) in [5.41, 5.74) is 9.15. The SMILES string of the molecule is Cc1cccc(N(C)Cc2noc(CN)n2)c1C.Cl. The first-order valence-electron chi connectivity index (χ1n) is 5.90. The highest BCUT2D eigenvalue weighted by Crippen LogP contribution is 2.22. The average molecular weight is 283 g/mol. The van der Waals surface area contributed by atoms with Crippen LogP contribution in [0.3, 0.4) is 0 Å². The van der Waals surface area contributed by atoms with Gasteiger partial charge in [0.2, 0.25) is 5.89 Å². The van der Waals surface area contributed by atoms with Crippen LogP contribution in [0.1, 0.15) is 22.8 Å². The van der Waals surface area contributed by atoms with E-state index in [1.54, 1.807) is 0 Å². The topological polar surface area (TPSA) is 68.2 Å². The first kappa shape index (κ1) is 15.5. The molecule has 0 bridgehead atoms. The van der Waals surface area contributed by atoms with Crippen molar-refractivity contribution in [3.05, 3.63) is 41.0 Å². The summed E-state index contributed by atoms with van der Waals surface area (Å²) in [6.45, 7) is 5.10. The number of nitrogens with two attached hydrogens (primary N) is 1. The van der Waals surface area contributed by atoms with E-state index in [2.05, 4.69) is 47.1 Å². The molecule has 1 aromatic heterocycles. The van der Waals surface area contributed by atoms with Crippen LogP contribution >= 0.6 is 12.4 Å². The zero-order chi connectivity index (χ0) is 13.1. The minimum atomic E-state index is 0. The minimum absolute atomic E-state index is 0. The maximum absolute atomic E-state index is 5.44. The fourth-order valence-electron chi connectivity index (χ4n) is 1.88. The Hall–Kier alpha value is -1.59. The molecule has 2 aromatic rings. The molecular formula is C13H19ClN4O. The third-order valence-corrected chi connectivity index (χ3v) is 3.05. The van der Waals surface area contributed by atoms with Gasteiger partial charge in [-0.15, -0.1) is 12.4 Å². The lowest BCUT2D eigenvalue weighted by atomic mass is 10.1. The lowest BCUT2D eigenvalue weighted by molar-refractivity contribution is 0.374. The number of anilines is 1. The molecule has 0 fully saturated rings. The molecule has 0 aliphatic heterocycles. The van der Waals surface area contributed by atoms with Gasteiger partial charge in [0.05, 0.1) is 13.1 Å². The highest BCUT2D eigenvalue weighted by Gasteiger charge is 2.10. The van der Waals surface area contributed by atoms with Crippen LogP contribution in [0.15, 0.2) is 22.7 Å². The van der Waals surface area contributed by atoms with Crippen LogP contribution in [-0.4, -0.2) is 17.2 Å². The Morgan fingerprint density at radius 2 is 2.05 bits per heavy atom. The van der Waals surface area contributed by atoms with Crippen molar-refractivity contribution in [1.82, 2.24) is 10.1 Å². The Labute approximate surface area is 119 Å². The minimum Gasteiger partial charge on any atom is -0.367 e. The van der Waals surface area contributed by atoms with Gasteiger partial charge in [-0.25, -0.2) is 0 Å². The molecule has 0 radical (unpaired) electrons. The quantitative estimate of drug-likeness (QED) is 0.931. The van der Waals surface area contributed by atoms with E-state index < -0.39 is 0 Å². The maximum Gasteiger partial charge on any atom is 0.240 e. The Balaban J connectivity index is 0.00000180. The number of aryl methyl sites for hydroxylation is 1. The average Bonchev–Trinajstić information content (AvgIpc) is 2.80. The second-order valence-corrected chi connectivity index (χ2v) is 4.38. The Morgan fingerprint density at radius 3 is 2.68 bits per heavy atom. The maximum atomic E-state index is 5.44. The Morgan fingerprint density at radius 1 is 1.32 bits per heavy atom. The van der Waals surface area contributed by atoms with Crippen LogP contribution in [-0.2, 0) is 13.1 Å². The summed E-state index contributed by atoms with van der Waals surface area (Å²) in [5, 5.41) is 3.90. The van der Waals surface area contributed by atoms with Gasteiger partial charge in [0.25, 0.3) is 0 Å². The number of nitrogens with zero attached hydrogens (tertiary/aromatic N) is 3. The molecule has 2 rings (SSSR count). The van der Waals surface area contributed by atoms with Gasteiger partial charge in [-0.2, -0.15) is 4.98 Å². The molecule has 0 saturated carbocycles. The summed E-state index contributed by atoms with van der Waals surface area (Å²) in [4.78, 5) is 6.31. The fraction of sp³-hybridized carbons (Fsp3) is 0.385. The van der Waals surface area contributed by atoms with Crippen molar-refractivity contribution < 1.29 is 4.52 Å². The van der Waals surface area contributed by atoms with Crippen LogP contribution in [0.25, 0.3) is 0 Å². The van der Waals surface area contributed by atoms with Crippen LogP contribution in [0.4, 0.5) is 5.69 Å². The van der Waals surface area contributed by atoms with Crippen molar-refractivity contribution in [3.63, 3.8) is 0 Å². The molecule has 104 valence electrons. The fourth-order valence-corrected chi connectivity index (χ4v) is 1.88. The number of hydrogen-bond acceptors (Lipinski definition) is 5. The number of benzene rings is 1. The van der Waals surface area contributed by atoms with Crippen LogP contribution in [0, 0.1) is 13.8 Å². The molecule has 6 heteroatoms. The van der Waals surface area contributed by atoms with E-state index in [0.717, 1.165) is 0 Å². The van der Waals surface area contributed by atoms with Crippen molar-refractivity contribution >= 4 is 18.1 Å². The van der Waals surface area contributed by atoms with Gasteiger partial charge in [0.15, 0.2) is 5.82 Å². The zero-order valence-electron chi connectivity index (χ0n) is 11.4. The van der Waals surface area contributed by atoms with Gasteiger partial charge in [-0.1, -0.05) is 17.3 Å². The number of hydrogen-bond donors (Lipinski definition) is 1. The van der Waals surface area contributed by atoms with Crippen LogP contribution in [0.5, 0.6) is 0 Å². The summed E-state index contributed by atoms with van der Waals surface area (Å²) in [6.07, 6.45) is 0. The lowest BCUT2D eigenvalue weighted by Crippen LogP contribution is -2.18. The summed E-state index contributed by atoms with van der Waals surface area (Å²) >= 11 is 0. The standard InChI is InChI=1S/C13H18N4O.ClH/c1-9-5-4-6-11(10(9)2)17(3)8-12-15-13(7-14)18-16-12;/h4-6H,7-8,14H2,1-3H3;1H. The van der Waals surface area contributed by atoms with Gasteiger partial charge in [0, 0.05) is 12.7 Å². The molecule has 2 N–H and O–H groups in total. The third-order valence-electron chi connectivity index (χ3n) is 3.05. The first-order chi connectivity index (χ1) is 8.61. The molecule has 0 saturated heterocycles. The van der Waals surface area contributed by atoms with Crippen molar-refractivity contribution in [2.24, 2.45) is 5.73 Å². The highest BCUT2D eigenvalue weighted by molar-refractivity contribution is 5.85. The predicted molar refractivity (Wildman–Crippen MR) is 77.5 cm³/mol. The van der Waals surface area contributed by atoms with Crippen molar-refractivity contribution in [3.8, 4) is 0 Å². The molecule has 1 heterocycles. The van der Waals surface area contributed by atoms with E-state index >= 15 is 0 Å². The molecule has 0 aliphatic rings. The molecule has 0 spiro atoms. The van der Waals surface area contributed by atoms with Gasteiger partial charge in [0.1, 0.15) is 0 Å². The van der Waals surface area contributed by atoms with E-state index in [0.29, 0.717) is 18.3 Å². The summed E-state index contributed by atoms with van der Waals surface area (Å²) in [6, 6.07) is 6.25. The second-order valence-electron chi connectivity index (χ2n) is 4.38. The number of halogens is 1. The summed E-state index contributed by atoms with van der Waals surface area (Å²) in [5.74, 6) is 1.12. The molecule has 0 unspecified atom stereocenters. The molecule has 0 atom stereocenters. The van der Waals surface area contributed by atoms with Gasteiger partial charge in [-0.05, 0) is 31.0 Å². The van der Waals surface area contributed by atoms with Gasteiger partial charge < -0.3 is 15.2 Å². The largest absolute Gasteiger partial charge is 0.367 e. The van der Waals surface area contributed by atoms with Crippen molar-refractivity contribution in [2.45, 2.75) is 26.9 Å². The predicted octanol–water partition coefficient (Wildman–Crippen LogP) is 2.20. The van der Waals surface area contributed by atoms with Gasteiger partial charge >= 0.3 is 0 Å². The van der Waals surface area contributed by atoms with Crippen LogP contribution in [0.2, 0.25) is 0 Å². The normalized spacial score (nSPS) is 10.1. The van der Waals surface area contributed by atoms with Crippen LogP contribution < -0.4 is 10.6 Å². The Kier molecular flexibility index (Phi) is 5.32. The van der Waals surface area contributed by atoms with E-state index in [4.69, 9.17) is 10.3 Å². The number of aromatic nitrogens is 2. The molecule has 0 amide bonds. The second kappa shape index (κ2) is 6.54. The zero-order valence-corrected chi connectivity index (χ0v) is 12.2.